The lowest BCUT2D eigenvalue weighted by molar-refractivity contribution is -0.388. The molecule has 0 spiro atoms. The van der Waals surface area contributed by atoms with Crippen LogP contribution >= 0.6 is 11.6 Å². The SMILES string of the molecule is CCc1cc(OS(=O)(=O)c2ccc(S(=O)(=O)N(C)C)cc2[N+](=O)[O-])ccc1Cl. The Morgan fingerprint density at radius 1 is 1.11 bits per heavy atom. The molecular weight excluding hydrogens is 432 g/mol. The van der Waals surface area contributed by atoms with Crippen LogP contribution in [-0.2, 0) is 26.6 Å². The van der Waals surface area contributed by atoms with Crippen LogP contribution in [0.25, 0.3) is 0 Å². The second-order valence-corrected chi connectivity index (χ2v) is 9.89. The van der Waals surface area contributed by atoms with E-state index in [2.05, 4.69) is 0 Å². The molecule has 2 rings (SSSR count). The van der Waals surface area contributed by atoms with Gasteiger partial charge < -0.3 is 4.18 Å². The lowest BCUT2D eigenvalue weighted by atomic mass is 10.2. The highest BCUT2D eigenvalue weighted by molar-refractivity contribution is 7.89. The van der Waals surface area contributed by atoms with Crippen molar-refractivity contribution in [3.05, 3.63) is 57.1 Å². The lowest BCUT2D eigenvalue weighted by Crippen LogP contribution is -2.22. The van der Waals surface area contributed by atoms with E-state index >= 15 is 0 Å². The molecule has 152 valence electrons. The van der Waals surface area contributed by atoms with Crippen molar-refractivity contribution < 1.29 is 25.9 Å². The van der Waals surface area contributed by atoms with Crippen LogP contribution in [0.5, 0.6) is 5.75 Å². The lowest BCUT2D eigenvalue weighted by Gasteiger charge is -2.13. The van der Waals surface area contributed by atoms with E-state index in [9.17, 15) is 26.9 Å². The summed E-state index contributed by atoms with van der Waals surface area (Å²) in [7, 11) is -6.09. The third-order valence-electron chi connectivity index (χ3n) is 3.78. The molecule has 0 saturated heterocycles. The van der Waals surface area contributed by atoms with Crippen molar-refractivity contribution in [2.24, 2.45) is 0 Å². The molecule has 0 radical (unpaired) electrons. The zero-order chi connectivity index (χ0) is 21.3. The van der Waals surface area contributed by atoms with Gasteiger partial charge in [-0.3, -0.25) is 10.1 Å². The van der Waals surface area contributed by atoms with E-state index in [1.165, 1.54) is 32.3 Å². The van der Waals surface area contributed by atoms with E-state index in [0.29, 0.717) is 23.1 Å². The minimum Gasteiger partial charge on any atom is -0.379 e. The minimum absolute atomic E-state index is 0.0689. The number of halogens is 1. The predicted molar refractivity (Wildman–Crippen MR) is 103 cm³/mol. The fourth-order valence-electron chi connectivity index (χ4n) is 2.27. The highest BCUT2D eigenvalue weighted by Gasteiger charge is 2.31. The van der Waals surface area contributed by atoms with Crippen LogP contribution in [0.4, 0.5) is 5.69 Å². The zero-order valence-electron chi connectivity index (χ0n) is 15.1. The van der Waals surface area contributed by atoms with Gasteiger partial charge in [0.1, 0.15) is 5.75 Å². The summed E-state index contributed by atoms with van der Waals surface area (Å²) in [5, 5.41) is 11.8. The summed E-state index contributed by atoms with van der Waals surface area (Å²) >= 11 is 5.98. The standard InChI is InChI=1S/C16H17ClN2O7S2/c1-4-11-9-12(5-7-14(11)17)26-28(24,25)16-8-6-13(10-15(16)19(20)21)27(22,23)18(2)3/h5-10H,4H2,1-3H3. The molecule has 0 aliphatic heterocycles. The fraction of sp³-hybridized carbons (Fsp3) is 0.250. The molecule has 0 bridgehead atoms. The fourth-order valence-corrected chi connectivity index (χ4v) is 4.51. The third-order valence-corrected chi connectivity index (χ3v) is 7.25. The molecular formula is C16H17ClN2O7S2. The Balaban J connectivity index is 2.55. The van der Waals surface area contributed by atoms with Gasteiger partial charge in [0.25, 0.3) is 5.69 Å². The number of hydrogen-bond donors (Lipinski definition) is 0. The molecule has 0 aliphatic rings. The molecule has 0 unspecified atom stereocenters. The van der Waals surface area contributed by atoms with E-state index in [1.807, 2.05) is 6.92 Å². The molecule has 12 heteroatoms. The van der Waals surface area contributed by atoms with E-state index in [4.69, 9.17) is 15.8 Å². The van der Waals surface area contributed by atoms with Crippen molar-refractivity contribution in [1.29, 1.82) is 0 Å². The highest BCUT2D eigenvalue weighted by atomic mass is 35.5. The Morgan fingerprint density at radius 2 is 1.75 bits per heavy atom. The van der Waals surface area contributed by atoms with Crippen molar-refractivity contribution in [2.45, 2.75) is 23.1 Å². The number of rotatable bonds is 7. The summed E-state index contributed by atoms with van der Waals surface area (Å²) in [5.41, 5.74) is -0.274. The molecule has 0 aromatic heterocycles. The number of aryl methyl sites for hydroxylation is 1. The molecule has 2 aromatic rings. The maximum absolute atomic E-state index is 12.6. The van der Waals surface area contributed by atoms with Crippen molar-refractivity contribution in [1.82, 2.24) is 4.31 Å². The molecule has 0 atom stereocenters. The number of hydrogen-bond acceptors (Lipinski definition) is 7. The molecule has 0 aliphatic carbocycles. The van der Waals surface area contributed by atoms with Gasteiger partial charge in [-0.15, -0.1) is 0 Å². The second-order valence-electron chi connectivity index (χ2n) is 5.82. The summed E-state index contributed by atoms with van der Waals surface area (Å²) in [6.07, 6.45) is 0.521. The van der Waals surface area contributed by atoms with Gasteiger partial charge in [-0.25, -0.2) is 12.7 Å². The maximum atomic E-state index is 12.6. The zero-order valence-corrected chi connectivity index (χ0v) is 17.5. The molecule has 2 aromatic carbocycles. The Morgan fingerprint density at radius 3 is 2.29 bits per heavy atom. The van der Waals surface area contributed by atoms with Crippen LogP contribution in [0.15, 0.2) is 46.2 Å². The van der Waals surface area contributed by atoms with Crippen LogP contribution in [0, 0.1) is 10.1 Å². The van der Waals surface area contributed by atoms with Gasteiger partial charge in [0.15, 0.2) is 4.90 Å². The molecule has 9 nitrogen and oxygen atoms in total. The van der Waals surface area contributed by atoms with Gasteiger partial charge in [-0.2, -0.15) is 8.42 Å². The Labute approximate surface area is 167 Å². The summed E-state index contributed by atoms with van der Waals surface area (Å²) in [5.74, 6) is -0.0689. The van der Waals surface area contributed by atoms with E-state index in [-0.39, 0.29) is 5.75 Å². The van der Waals surface area contributed by atoms with Crippen molar-refractivity contribution in [3.63, 3.8) is 0 Å². The van der Waals surface area contributed by atoms with Gasteiger partial charge in [0, 0.05) is 25.2 Å². The first-order valence-corrected chi connectivity index (χ1v) is 11.1. The molecule has 0 saturated carbocycles. The van der Waals surface area contributed by atoms with Crippen LogP contribution < -0.4 is 4.18 Å². The molecule has 0 fully saturated rings. The predicted octanol–water partition coefficient (Wildman–Crippen LogP) is 2.83. The van der Waals surface area contributed by atoms with Crippen molar-refractivity contribution >= 4 is 37.4 Å². The van der Waals surface area contributed by atoms with Crippen LogP contribution in [0.2, 0.25) is 5.02 Å². The van der Waals surface area contributed by atoms with Crippen LogP contribution in [0.1, 0.15) is 12.5 Å². The van der Waals surface area contributed by atoms with Crippen LogP contribution in [-0.4, -0.2) is 40.2 Å². The van der Waals surface area contributed by atoms with Gasteiger partial charge in [-0.1, -0.05) is 18.5 Å². The number of benzene rings is 2. The molecule has 0 heterocycles. The number of nitro groups is 1. The summed E-state index contributed by atoms with van der Waals surface area (Å²) < 4.78 is 55.4. The first-order chi connectivity index (χ1) is 12.9. The normalized spacial score (nSPS) is 12.2. The summed E-state index contributed by atoms with van der Waals surface area (Å²) in [4.78, 5) is 9.22. The van der Waals surface area contributed by atoms with Crippen molar-refractivity contribution in [3.8, 4) is 5.75 Å². The summed E-state index contributed by atoms with van der Waals surface area (Å²) in [6.45, 7) is 1.81. The maximum Gasteiger partial charge on any atom is 0.346 e. The molecule has 28 heavy (non-hydrogen) atoms. The van der Waals surface area contributed by atoms with E-state index < -0.39 is 40.5 Å². The number of sulfonamides is 1. The quantitative estimate of drug-likeness (QED) is 0.362. The first-order valence-electron chi connectivity index (χ1n) is 7.84. The summed E-state index contributed by atoms with van der Waals surface area (Å²) in [6, 6.07) is 6.67. The Kier molecular flexibility index (Phi) is 6.34. The third kappa shape index (κ3) is 4.43. The first kappa shape index (κ1) is 22.1. The monoisotopic (exact) mass is 448 g/mol. The Bertz CT molecular complexity index is 1130. The highest BCUT2D eigenvalue weighted by Crippen LogP contribution is 2.31. The van der Waals surface area contributed by atoms with Gasteiger partial charge >= 0.3 is 10.1 Å². The molecule has 0 amide bonds. The van der Waals surface area contributed by atoms with Crippen molar-refractivity contribution in [2.75, 3.05) is 14.1 Å². The van der Waals surface area contributed by atoms with Gasteiger partial charge in [0.05, 0.1) is 9.82 Å². The smallest absolute Gasteiger partial charge is 0.346 e. The number of nitro benzene ring substituents is 1. The average Bonchev–Trinajstić information content (AvgIpc) is 2.62. The topological polar surface area (TPSA) is 124 Å². The van der Waals surface area contributed by atoms with Crippen LogP contribution in [0.3, 0.4) is 0 Å². The van der Waals surface area contributed by atoms with E-state index in [0.717, 1.165) is 16.4 Å². The number of nitrogens with zero attached hydrogens (tertiary/aromatic N) is 2. The molecule has 0 N–H and O–H groups in total. The van der Waals surface area contributed by atoms with Gasteiger partial charge in [0.2, 0.25) is 10.0 Å². The van der Waals surface area contributed by atoms with Gasteiger partial charge in [-0.05, 0) is 42.3 Å². The second kappa shape index (κ2) is 8.03. The average molecular weight is 449 g/mol. The largest absolute Gasteiger partial charge is 0.379 e. The van der Waals surface area contributed by atoms with E-state index in [1.54, 1.807) is 0 Å². The Hall–Kier alpha value is -2.21. The minimum atomic E-state index is -4.60.